The fourth-order valence-corrected chi connectivity index (χ4v) is 0.800. The maximum Gasteiger partial charge on any atom is 0.122 e. The van der Waals surface area contributed by atoms with Gasteiger partial charge in [0, 0.05) is 5.56 Å². The summed E-state index contributed by atoms with van der Waals surface area (Å²) in [6, 6.07) is 7.17. The first-order valence-electron chi connectivity index (χ1n) is 3.41. The molecule has 1 aromatic carbocycles. The van der Waals surface area contributed by atoms with Crippen molar-refractivity contribution in [2.45, 2.75) is 0 Å². The summed E-state index contributed by atoms with van der Waals surface area (Å²) in [7, 11) is 0. The summed E-state index contributed by atoms with van der Waals surface area (Å²) in [6.45, 7) is 3.54. The van der Waals surface area contributed by atoms with Crippen LogP contribution in [0.5, 0.6) is 5.75 Å². The van der Waals surface area contributed by atoms with Gasteiger partial charge in [-0.05, 0) is 6.07 Å². The van der Waals surface area contributed by atoms with Crippen LogP contribution in [-0.2, 0) is 0 Å². The Bertz CT molecular complexity index is 274. The minimum Gasteiger partial charge on any atom is -0.507 e. The van der Waals surface area contributed by atoms with Crippen LogP contribution < -0.4 is 0 Å². The third-order valence-corrected chi connectivity index (χ3v) is 1.35. The lowest BCUT2D eigenvalue weighted by molar-refractivity contribution is 0.474. The molecule has 0 aliphatic rings. The molecule has 0 aliphatic heterocycles. The van der Waals surface area contributed by atoms with E-state index in [0.717, 1.165) is 5.56 Å². The molecule has 1 aromatic rings. The predicted molar refractivity (Wildman–Crippen MR) is 47.3 cm³/mol. The highest BCUT2D eigenvalue weighted by atomic mass is 16.3. The molecule has 1 heteroatoms. The summed E-state index contributed by atoms with van der Waals surface area (Å²) in [6.07, 6.45) is 5.27. The zero-order valence-corrected chi connectivity index (χ0v) is 6.20. The van der Waals surface area contributed by atoms with Crippen LogP contribution in [-0.4, -0.2) is 5.11 Å². The van der Waals surface area contributed by atoms with E-state index in [1.807, 2.05) is 18.2 Å². The van der Waals surface area contributed by atoms with E-state index in [9.17, 15) is 5.11 Å². The summed E-state index contributed by atoms with van der Waals surface area (Å²) in [4.78, 5) is 0. The molecule has 11 heavy (non-hydrogen) atoms. The van der Waals surface area contributed by atoms with Gasteiger partial charge in [-0.1, -0.05) is 43.0 Å². The largest absolute Gasteiger partial charge is 0.507 e. The van der Waals surface area contributed by atoms with Gasteiger partial charge in [-0.2, -0.15) is 0 Å². The van der Waals surface area contributed by atoms with Gasteiger partial charge in [0.05, 0.1) is 0 Å². The van der Waals surface area contributed by atoms with Crippen LogP contribution in [0.15, 0.2) is 43.0 Å². The summed E-state index contributed by atoms with van der Waals surface area (Å²) < 4.78 is 0. The second-order valence-electron chi connectivity index (χ2n) is 2.15. The number of hydrogen-bond acceptors (Lipinski definition) is 1. The molecule has 0 heterocycles. The van der Waals surface area contributed by atoms with Gasteiger partial charge in [0.25, 0.3) is 0 Å². The lowest BCUT2D eigenvalue weighted by atomic mass is 10.2. The lowest BCUT2D eigenvalue weighted by Crippen LogP contribution is -1.71. The van der Waals surface area contributed by atoms with Gasteiger partial charge < -0.3 is 5.11 Å². The molecule has 0 fully saturated rings. The quantitative estimate of drug-likeness (QED) is 0.636. The van der Waals surface area contributed by atoms with Crippen molar-refractivity contribution in [3.05, 3.63) is 48.6 Å². The summed E-state index contributed by atoms with van der Waals surface area (Å²) >= 11 is 0. The highest BCUT2D eigenvalue weighted by molar-refractivity contribution is 5.57. The van der Waals surface area contributed by atoms with Crippen LogP contribution in [0.3, 0.4) is 0 Å². The molecule has 0 saturated carbocycles. The number of hydrogen-bond donors (Lipinski definition) is 1. The highest BCUT2D eigenvalue weighted by Gasteiger charge is 1.91. The number of allylic oxidation sites excluding steroid dienone is 2. The van der Waals surface area contributed by atoms with E-state index in [2.05, 4.69) is 6.58 Å². The predicted octanol–water partition coefficient (Wildman–Crippen LogP) is 2.59. The van der Waals surface area contributed by atoms with Crippen molar-refractivity contribution in [2.24, 2.45) is 0 Å². The minimum absolute atomic E-state index is 0.297. The number of phenolic OH excluding ortho intramolecular Hbond substituents is 1. The molecular weight excluding hydrogens is 136 g/mol. The van der Waals surface area contributed by atoms with Gasteiger partial charge in [0.2, 0.25) is 0 Å². The van der Waals surface area contributed by atoms with Crippen molar-refractivity contribution in [1.82, 2.24) is 0 Å². The fourth-order valence-electron chi connectivity index (χ4n) is 0.800. The smallest absolute Gasteiger partial charge is 0.122 e. The van der Waals surface area contributed by atoms with E-state index in [4.69, 9.17) is 0 Å². The van der Waals surface area contributed by atoms with E-state index >= 15 is 0 Å². The molecule has 0 unspecified atom stereocenters. The topological polar surface area (TPSA) is 20.2 Å². The molecule has 0 saturated heterocycles. The average Bonchev–Trinajstić information content (AvgIpc) is 2.03. The SMILES string of the molecule is C=C/C=C\c1ccccc1O. The molecule has 0 aromatic heterocycles. The normalized spacial score (nSPS) is 10.2. The van der Waals surface area contributed by atoms with Gasteiger partial charge in [0.15, 0.2) is 0 Å². The van der Waals surface area contributed by atoms with Crippen LogP contribution in [0.25, 0.3) is 6.08 Å². The monoisotopic (exact) mass is 146 g/mol. The van der Waals surface area contributed by atoms with Crippen LogP contribution in [0.1, 0.15) is 5.56 Å². The molecule has 0 spiro atoms. The number of rotatable bonds is 2. The first kappa shape index (κ1) is 7.61. The number of phenols is 1. The lowest BCUT2D eigenvalue weighted by Gasteiger charge is -1.95. The van der Waals surface area contributed by atoms with Crippen LogP contribution in [0, 0.1) is 0 Å². The number of benzene rings is 1. The zero-order valence-electron chi connectivity index (χ0n) is 6.20. The first-order chi connectivity index (χ1) is 5.34. The first-order valence-corrected chi connectivity index (χ1v) is 3.41. The van der Waals surface area contributed by atoms with E-state index in [0.29, 0.717) is 5.75 Å². The van der Waals surface area contributed by atoms with Crippen LogP contribution in [0.2, 0.25) is 0 Å². The fraction of sp³-hybridized carbons (Fsp3) is 0. The molecule has 0 radical (unpaired) electrons. The van der Waals surface area contributed by atoms with Crippen molar-refractivity contribution in [1.29, 1.82) is 0 Å². The molecule has 0 aliphatic carbocycles. The minimum atomic E-state index is 0.297. The Morgan fingerprint density at radius 3 is 2.64 bits per heavy atom. The summed E-state index contributed by atoms with van der Waals surface area (Å²) in [5.41, 5.74) is 0.812. The third-order valence-electron chi connectivity index (χ3n) is 1.35. The van der Waals surface area contributed by atoms with Gasteiger partial charge in [-0.15, -0.1) is 0 Å². The Labute approximate surface area is 66.3 Å². The standard InChI is InChI=1S/C10H10O/c1-2-3-6-9-7-4-5-8-10(9)11/h2-8,11H,1H2/b6-3-. The molecule has 1 nitrogen and oxygen atoms in total. The Hall–Kier alpha value is -1.50. The van der Waals surface area contributed by atoms with Gasteiger partial charge in [0.1, 0.15) is 5.75 Å². The molecule has 1 N–H and O–H groups in total. The Kier molecular flexibility index (Phi) is 2.50. The molecule has 0 atom stereocenters. The Balaban J connectivity index is 2.94. The van der Waals surface area contributed by atoms with E-state index in [1.165, 1.54) is 0 Å². The van der Waals surface area contributed by atoms with Gasteiger partial charge in [-0.25, -0.2) is 0 Å². The highest BCUT2D eigenvalue weighted by Crippen LogP contribution is 2.16. The Morgan fingerprint density at radius 2 is 2.00 bits per heavy atom. The zero-order chi connectivity index (χ0) is 8.10. The van der Waals surface area contributed by atoms with Crippen molar-refractivity contribution in [2.75, 3.05) is 0 Å². The molecule has 1 rings (SSSR count). The maximum absolute atomic E-state index is 9.25. The second-order valence-corrected chi connectivity index (χ2v) is 2.15. The second kappa shape index (κ2) is 3.62. The third kappa shape index (κ3) is 1.97. The molecule has 0 amide bonds. The van der Waals surface area contributed by atoms with Crippen molar-refractivity contribution in [3.8, 4) is 5.75 Å². The summed E-state index contributed by atoms with van der Waals surface area (Å²) in [5, 5.41) is 9.25. The van der Waals surface area contributed by atoms with Crippen molar-refractivity contribution in [3.63, 3.8) is 0 Å². The van der Waals surface area contributed by atoms with E-state index < -0.39 is 0 Å². The number of para-hydroxylation sites is 1. The van der Waals surface area contributed by atoms with Crippen LogP contribution >= 0.6 is 0 Å². The van der Waals surface area contributed by atoms with Gasteiger partial charge in [-0.3, -0.25) is 0 Å². The van der Waals surface area contributed by atoms with Gasteiger partial charge >= 0.3 is 0 Å². The van der Waals surface area contributed by atoms with E-state index in [-0.39, 0.29) is 0 Å². The molecule has 0 bridgehead atoms. The van der Waals surface area contributed by atoms with Crippen LogP contribution in [0.4, 0.5) is 0 Å². The maximum atomic E-state index is 9.25. The van der Waals surface area contributed by atoms with E-state index in [1.54, 1.807) is 24.3 Å². The molecular formula is C10H10O. The summed E-state index contributed by atoms with van der Waals surface area (Å²) in [5.74, 6) is 0.297. The average molecular weight is 146 g/mol. The molecule has 56 valence electrons. The number of aromatic hydroxyl groups is 1. The Morgan fingerprint density at radius 1 is 1.27 bits per heavy atom. The van der Waals surface area contributed by atoms with Crippen molar-refractivity contribution >= 4 is 6.08 Å². The van der Waals surface area contributed by atoms with Crippen molar-refractivity contribution < 1.29 is 5.11 Å².